The number of benzene rings is 1. The topological polar surface area (TPSA) is 3.24 Å². The first-order valence-corrected chi connectivity index (χ1v) is 13.5. The Kier molecular flexibility index (Phi) is 11.2. The summed E-state index contributed by atoms with van der Waals surface area (Å²) in [7, 11) is 0. The Hall–Kier alpha value is -1.93. The van der Waals surface area contributed by atoms with Crippen LogP contribution in [0.5, 0.6) is 0 Å². The van der Waals surface area contributed by atoms with Crippen molar-refractivity contribution in [1.29, 1.82) is 0 Å². The van der Waals surface area contributed by atoms with E-state index in [0.717, 1.165) is 13.0 Å². The lowest BCUT2D eigenvalue weighted by Gasteiger charge is -2.52. The van der Waals surface area contributed by atoms with E-state index in [4.69, 9.17) is 0 Å². The first kappa shape index (κ1) is 26.3. The maximum atomic E-state index is 4.51. The summed E-state index contributed by atoms with van der Waals surface area (Å²) in [5, 5.41) is 0. The molecular formula is C30H43NS. The van der Waals surface area contributed by atoms with Crippen molar-refractivity contribution in [3.63, 3.8) is 0 Å². The van der Waals surface area contributed by atoms with Gasteiger partial charge in [0.05, 0.1) is 6.04 Å². The van der Waals surface area contributed by atoms with Crippen molar-refractivity contribution in [2.45, 2.75) is 53.0 Å². The Balaban J connectivity index is 2.30. The van der Waals surface area contributed by atoms with Gasteiger partial charge < -0.3 is 4.90 Å². The van der Waals surface area contributed by atoms with Gasteiger partial charge in [-0.2, -0.15) is 11.8 Å². The lowest BCUT2D eigenvalue weighted by Crippen LogP contribution is -2.58. The summed E-state index contributed by atoms with van der Waals surface area (Å²) in [6.45, 7) is 18.4. The molecule has 0 bridgehead atoms. The number of anilines is 1. The van der Waals surface area contributed by atoms with Crippen LogP contribution in [0, 0.1) is 17.8 Å². The molecule has 2 rings (SSSR count). The van der Waals surface area contributed by atoms with Crippen LogP contribution in [0.1, 0.15) is 47.0 Å². The molecule has 3 atom stereocenters. The number of allylic oxidation sites excluding steroid dienone is 6. The van der Waals surface area contributed by atoms with Gasteiger partial charge in [0.15, 0.2) is 0 Å². The van der Waals surface area contributed by atoms with Gasteiger partial charge in [-0.25, -0.2) is 0 Å². The molecule has 0 saturated carbocycles. The molecule has 3 unspecified atom stereocenters. The first-order valence-electron chi connectivity index (χ1n) is 12.1. The second kappa shape index (κ2) is 13.6. The zero-order valence-corrected chi connectivity index (χ0v) is 21.7. The fraction of sp³-hybridized carbons (Fsp3) is 0.467. The van der Waals surface area contributed by atoms with E-state index in [1.54, 1.807) is 0 Å². The van der Waals surface area contributed by atoms with Gasteiger partial charge in [0, 0.05) is 18.2 Å². The van der Waals surface area contributed by atoms with Gasteiger partial charge in [0.2, 0.25) is 0 Å². The smallest absolute Gasteiger partial charge is 0.0587 e. The van der Waals surface area contributed by atoms with Crippen molar-refractivity contribution in [1.82, 2.24) is 0 Å². The molecule has 0 amide bonds. The maximum absolute atomic E-state index is 4.51. The van der Waals surface area contributed by atoms with Crippen molar-refractivity contribution in [3.8, 4) is 0 Å². The number of thioether (sulfide) groups is 1. The van der Waals surface area contributed by atoms with Crippen LogP contribution in [-0.2, 0) is 0 Å². The Labute approximate surface area is 202 Å². The monoisotopic (exact) mass is 449 g/mol. The van der Waals surface area contributed by atoms with E-state index in [9.17, 15) is 0 Å². The molecule has 1 fully saturated rings. The lowest BCUT2D eigenvalue weighted by molar-refractivity contribution is 0.292. The van der Waals surface area contributed by atoms with E-state index in [0.29, 0.717) is 23.8 Å². The van der Waals surface area contributed by atoms with Crippen LogP contribution in [0.4, 0.5) is 5.69 Å². The number of hydrogen-bond acceptors (Lipinski definition) is 2. The fourth-order valence-electron chi connectivity index (χ4n) is 4.75. The Morgan fingerprint density at radius 2 is 1.94 bits per heavy atom. The van der Waals surface area contributed by atoms with Crippen molar-refractivity contribution in [3.05, 3.63) is 90.6 Å². The Morgan fingerprint density at radius 1 is 1.22 bits per heavy atom. The number of para-hydroxylation sites is 1. The molecule has 174 valence electrons. The van der Waals surface area contributed by atoms with Crippen LogP contribution in [0.2, 0.25) is 0 Å². The second-order valence-electron chi connectivity index (χ2n) is 9.07. The highest BCUT2D eigenvalue weighted by atomic mass is 32.2. The summed E-state index contributed by atoms with van der Waals surface area (Å²) in [5.74, 6) is 2.89. The largest absolute Gasteiger partial charge is 0.364 e. The van der Waals surface area contributed by atoms with E-state index >= 15 is 0 Å². The molecule has 1 aromatic carbocycles. The minimum Gasteiger partial charge on any atom is -0.364 e. The van der Waals surface area contributed by atoms with E-state index in [-0.39, 0.29) is 0 Å². The van der Waals surface area contributed by atoms with E-state index < -0.39 is 0 Å². The molecule has 0 aromatic heterocycles. The average molecular weight is 450 g/mol. The molecule has 1 nitrogen and oxygen atoms in total. The summed E-state index contributed by atoms with van der Waals surface area (Å²) in [4.78, 5) is 2.58. The van der Waals surface area contributed by atoms with Gasteiger partial charge in [-0.05, 0) is 85.8 Å². The van der Waals surface area contributed by atoms with E-state index in [2.05, 4.69) is 107 Å². The quantitative estimate of drug-likeness (QED) is 0.219. The van der Waals surface area contributed by atoms with E-state index in [1.165, 1.54) is 41.0 Å². The highest BCUT2D eigenvalue weighted by Crippen LogP contribution is 2.42. The third kappa shape index (κ3) is 6.78. The average Bonchev–Trinajstić information content (AvgIpc) is 2.78. The summed E-state index contributed by atoms with van der Waals surface area (Å²) in [5.41, 5.74) is 5.48. The summed E-state index contributed by atoms with van der Waals surface area (Å²) in [6.07, 6.45) is 16.7. The third-order valence-electron chi connectivity index (χ3n) is 6.61. The van der Waals surface area contributed by atoms with Crippen LogP contribution in [0.25, 0.3) is 0 Å². The fourth-order valence-corrected chi connectivity index (χ4v) is 5.51. The standard InChI is InChI=1S/C30H43NS/c1-8-11-18-29(24(6)23(4)5)30-26(21-31(30)28-16-13-12-14-17-28)19-20-27(22-32-7)25(10-3)15-9-2/h8-10,12-18,23,26-27,30H,1,6,11,19-22H2,2-5,7H3/b15-9-,25-10+,29-18+. The highest BCUT2D eigenvalue weighted by Gasteiger charge is 2.41. The highest BCUT2D eigenvalue weighted by molar-refractivity contribution is 7.98. The maximum Gasteiger partial charge on any atom is 0.0587 e. The Morgan fingerprint density at radius 3 is 2.50 bits per heavy atom. The number of hydrogen-bond donors (Lipinski definition) is 0. The van der Waals surface area contributed by atoms with Crippen molar-refractivity contribution < 1.29 is 0 Å². The minimum absolute atomic E-state index is 0.401. The second-order valence-corrected chi connectivity index (χ2v) is 9.99. The minimum atomic E-state index is 0.401. The zero-order valence-electron chi connectivity index (χ0n) is 20.9. The predicted molar refractivity (Wildman–Crippen MR) is 148 cm³/mol. The molecule has 2 heteroatoms. The molecule has 0 N–H and O–H groups in total. The SMILES string of the molecule is C=CC/C=C(\C(=C)C(C)C)C1C(CCC(CSC)C(/C=C\C)=C/C)CN1c1ccccc1. The molecule has 0 radical (unpaired) electrons. The van der Waals surface area contributed by atoms with Gasteiger partial charge in [0.1, 0.15) is 0 Å². The van der Waals surface area contributed by atoms with Crippen LogP contribution < -0.4 is 4.90 Å². The molecule has 32 heavy (non-hydrogen) atoms. The molecule has 1 saturated heterocycles. The van der Waals surface area contributed by atoms with E-state index in [1.807, 2.05) is 17.8 Å². The van der Waals surface area contributed by atoms with Crippen LogP contribution in [-0.4, -0.2) is 24.6 Å². The molecular weight excluding hydrogens is 406 g/mol. The zero-order chi connectivity index (χ0) is 23.5. The van der Waals surface area contributed by atoms with Crippen LogP contribution >= 0.6 is 11.8 Å². The molecule has 0 spiro atoms. The third-order valence-corrected chi connectivity index (χ3v) is 7.35. The van der Waals surface area contributed by atoms with Gasteiger partial charge in [-0.3, -0.25) is 0 Å². The Bertz CT molecular complexity index is 814. The van der Waals surface area contributed by atoms with Crippen molar-refractivity contribution >= 4 is 17.4 Å². The molecule has 0 aliphatic carbocycles. The van der Waals surface area contributed by atoms with Crippen molar-refractivity contribution in [2.24, 2.45) is 17.8 Å². The molecule has 1 aliphatic rings. The van der Waals surface area contributed by atoms with Gasteiger partial charge >= 0.3 is 0 Å². The van der Waals surface area contributed by atoms with Crippen molar-refractivity contribution in [2.75, 3.05) is 23.5 Å². The van der Waals surface area contributed by atoms with Crippen LogP contribution in [0.3, 0.4) is 0 Å². The number of nitrogens with zero attached hydrogens (tertiary/aromatic N) is 1. The summed E-state index contributed by atoms with van der Waals surface area (Å²) in [6, 6.07) is 11.3. The molecule has 1 aliphatic heterocycles. The molecule has 1 heterocycles. The first-order chi connectivity index (χ1) is 15.5. The van der Waals surface area contributed by atoms with Gasteiger partial charge in [0.25, 0.3) is 0 Å². The van der Waals surface area contributed by atoms with Gasteiger partial charge in [-0.15, -0.1) is 6.58 Å². The summed E-state index contributed by atoms with van der Waals surface area (Å²) < 4.78 is 0. The van der Waals surface area contributed by atoms with Crippen LogP contribution in [0.15, 0.2) is 90.6 Å². The molecule has 1 aromatic rings. The lowest BCUT2D eigenvalue weighted by atomic mass is 9.74. The number of rotatable bonds is 13. The predicted octanol–water partition coefficient (Wildman–Crippen LogP) is 8.49. The summed E-state index contributed by atoms with van der Waals surface area (Å²) >= 11 is 1.96. The van der Waals surface area contributed by atoms with Gasteiger partial charge in [-0.1, -0.05) is 69.0 Å². The normalized spacial score (nSPS) is 20.5.